The van der Waals surface area contributed by atoms with Crippen LogP contribution in [0.5, 0.6) is 0 Å². The van der Waals surface area contributed by atoms with E-state index in [1.165, 1.54) is 11.3 Å². The first-order valence-electron chi connectivity index (χ1n) is 9.09. The van der Waals surface area contributed by atoms with Gasteiger partial charge in [0.1, 0.15) is 10.7 Å². The minimum atomic E-state index is -0.0706. The van der Waals surface area contributed by atoms with E-state index < -0.39 is 0 Å². The quantitative estimate of drug-likeness (QED) is 0.571. The van der Waals surface area contributed by atoms with Crippen LogP contribution in [-0.2, 0) is 20.1 Å². The summed E-state index contributed by atoms with van der Waals surface area (Å²) in [5.74, 6) is 1.27. The standard InChI is InChI=1S/C20H23N5OS/c1-12(2)11-25-20-14(13(3)23-25)9-17(27-20)19(26)21-10-18-22-15-7-5-6-8-16(15)24(18)4/h5-9,12H,10-11H2,1-4H3,(H,21,26). The van der Waals surface area contributed by atoms with Crippen molar-refractivity contribution in [2.24, 2.45) is 13.0 Å². The van der Waals surface area contributed by atoms with Crippen molar-refractivity contribution in [2.75, 3.05) is 0 Å². The van der Waals surface area contributed by atoms with Crippen LogP contribution >= 0.6 is 11.3 Å². The molecule has 0 spiro atoms. The molecule has 27 heavy (non-hydrogen) atoms. The van der Waals surface area contributed by atoms with E-state index >= 15 is 0 Å². The zero-order valence-corrected chi connectivity index (χ0v) is 16.8. The molecular formula is C20H23N5OS. The van der Waals surface area contributed by atoms with Gasteiger partial charge in [0.25, 0.3) is 5.91 Å². The predicted molar refractivity (Wildman–Crippen MR) is 109 cm³/mol. The predicted octanol–water partition coefficient (Wildman–Crippen LogP) is 3.88. The van der Waals surface area contributed by atoms with Crippen LogP contribution in [0.3, 0.4) is 0 Å². The number of nitrogens with one attached hydrogen (secondary N) is 1. The van der Waals surface area contributed by atoms with Crippen LogP contribution in [0, 0.1) is 12.8 Å². The fraction of sp³-hybridized carbons (Fsp3) is 0.350. The lowest BCUT2D eigenvalue weighted by Crippen LogP contribution is -2.23. The third-order valence-corrected chi connectivity index (χ3v) is 5.80. The van der Waals surface area contributed by atoms with Crippen molar-refractivity contribution in [3.05, 3.63) is 46.7 Å². The largest absolute Gasteiger partial charge is 0.344 e. The summed E-state index contributed by atoms with van der Waals surface area (Å²) in [6.07, 6.45) is 0. The van der Waals surface area contributed by atoms with Gasteiger partial charge in [-0.15, -0.1) is 11.3 Å². The van der Waals surface area contributed by atoms with E-state index in [1.807, 2.05) is 53.6 Å². The van der Waals surface area contributed by atoms with E-state index in [0.717, 1.165) is 39.3 Å². The van der Waals surface area contributed by atoms with Crippen LogP contribution in [0.15, 0.2) is 30.3 Å². The van der Waals surface area contributed by atoms with E-state index in [2.05, 4.69) is 29.2 Å². The van der Waals surface area contributed by atoms with Gasteiger partial charge in [-0.1, -0.05) is 26.0 Å². The molecule has 0 aliphatic rings. The molecule has 0 bridgehead atoms. The van der Waals surface area contributed by atoms with Gasteiger partial charge in [0, 0.05) is 19.0 Å². The van der Waals surface area contributed by atoms with Crippen LogP contribution in [0.2, 0.25) is 0 Å². The lowest BCUT2D eigenvalue weighted by molar-refractivity contribution is 0.0954. The van der Waals surface area contributed by atoms with E-state index in [9.17, 15) is 4.79 Å². The molecule has 6 nitrogen and oxygen atoms in total. The molecule has 7 heteroatoms. The Morgan fingerprint density at radius 3 is 2.81 bits per heavy atom. The molecule has 0 saturated heterocycles. The monoisotopic (exact) mass is 381 g/mol. The molecule has 0 fully saturated rings. The van der Waals surface area contributed by atoms with Gasteiger partial charge >= 0.3 is 0 Å². The molecule has 4 aromatic rings. The van der Waals surface area contributed by atoms with E-state index in [-0.39, 0.29) is 5.91 Å². The van der Waals surface area contributed by atoms with Crippen LogP contribution in [-0.4, -0.2) is 25.2 Å². The third kappa shape index (κ3) is 3.23. The number of fused-ring (bicyclic) bond motifs is 2. The van der Waals surface area contributed by atoms with Crippen molar-refractivity contribution in [3.63, 3.8) is 0 Å². The average Bonchev–Trinajstić information content (AvgIpc) is 3.28. The zero-order valence-electron chi connectivity index (χ0n) is 16.0. The number of aryl methyl sites for hydroxylation is 2. The van der Waals surface area contributed by atoms with Crippen LogP contribution in [0.1, 0.15) is 35.0 Å². The van der Waals surface area contributed by atoms with Crippen LogP contribution in [0.25, 0.3) is 21.3 Å². The molecule has 0 radical (unpaired) electrons. The topological polar surface area (TPSA) is 64.7 Å². The number of carbonyl (C=O) groups is 1. The fourth-order valence-corrected chi connectivity index (χ4v) is 4.38. The second-order valence-electron chi connectivity index (χ2n) is 7.25. The number of benzene rings is 1. The van der Waals surface area contributed by atoms with Crippen molar-refractivity contribution >= 4 is 38.5 Å². The average molecular weight is 382 g/mol. The highest BCUT2D eigenvalue weighted by Crippen LogP contribution is 2.29. The lowest BCUT2D eigenvalue weighted by Gasteiger charge is -2.05. The number of hydrogen-bond acceptors (Lipinski definition) is 4. The first kappa shape index (κ1) is 17.7. The molecule has 0 unspecified atom stereocenters. The number of thiophene rings is 1. The molecule has 0 atom stereocenters. The minimum Gasteiger partial charge on any atom is -0.344 e. The van der Waals surface area contributed by atoms with Crippen molar-refractivity contribution in [1.29, 1.82) is 0 Å². The maximum atomic E-state index is 12.7. The summed E-state index contributed by atoms with van der Waals surface area (Å²) in [7, 11) is 1.97. The Kier molecular flexibility index (Phi) is 4.47. The van der Waals surface area contributed by atoms with Gasteiger partial charge in [-0.25, -0.2) is 4.98 Å². The number of para-hydroxylation sites is 2. The number of rotatable bonds is 5. The second-order valence-corrected chi connectivity index (χ2v) is 8.28. The molecule has 1 N–H and O–H groups in total. The number of nitrogens with zero attached hydrogens (tertiary/aromatic N) is 4. The maximum Gasteiger partial charge on any atom is 0.261 e. The Morgan fingerprint density at radius 1 is 1.30 bits per heavy atom. The van der Waals surface area contributed by atoms with Crippen LogP contribution < -0.4 is 5.32 Å². The number of aromatic nitrogens is 4. The highest BCUT2D eigenvalue weighted by Gasteiger charge is 2.17. The SMILES string of the molecule is Cc1nn(CC(C)C)c2sc(C(=O)NCc3nc4ccccc4n3C)cc12. The molecular weight excluding hydrogens is 358 g/mol. The second kappa shape index (κ2) is 6.81. The van der Waals surface area contributed by atoms with Gasteiger partial charge in [-0.3, -0.25) is 9.48 Å². The molecule has 1 amide bonds. The van der Waals surface area contributed by atoms with Crippen molar-refractivity contribution in [2.45, 2.75) is 33.9 Å². The number of carbonyl (C=O) groups excluding carboxylic acids is 1. The first-order chi connectivity index (χ1) is 12.9. The van der Waals surface area contributed by atoms with Gasteiger partial charge in [0.2, 0.25) is 0 Å². The van der Waals surface area contributed by atoms with E-state index in [1.54, 1.807) is 0 Å². The molecule has 3 aromatic heterocycles. The minimum absolute atomic E-state index is 0.0706. The highest BCUT2D eigenvalue weighted by atomic mass is 32.1. The molecule has 0 aliphatic carbocycles. The first-order valence-corrected chi connectivity index (χ1v) is 9.91. The molecule has 4 rings (SSSR count). The van der Waals surface area contributed by atoms with Gasteiger partial charge in [0.05, 0.1) is 28.1 Å². The summed E-state index contributed by atoms with van der Waals surface area (Å²) in [4.78, 5) is 19.1. The Hall–Kier alpha value is -2.67. The van der Waals surface area contributed by atoms with E-state index in [0.29, 0.717) is 17.3 Å². The van der Waals surface area contributed by atoms with Crippen molar-refractivity contribution < 1.29 is 4.79 Å². The zero-order chi connectivity index (χ0) is 19.1. The molecule has 0 aliphatic heterocycles. The van der Waals surface area contributed by atoms with Crippen LogP contribution in [0.4, 0.5) is 0 Å². The summed E-state index contributed by atoms with van der Waals surface area (Å²) in [5, 5.41) is 8.67. The Morgan fingerprint density at radius 2 is 2.07 bits per heavy atom. The summed E-state index contributed by atoms with van der Waals surface area (Å²) in [5.41, 5.74) is 2.97. The molecule has 140 valence electrons. The highest BCUT2D eigenvalue weighted by molar-refractivity contribution is 7.20. The lowest BCUT2D eigenvalue weighted by atomic mass is 10.2. The normalized spacial score (nSPS) is 11.7. The number of imidazole rings is 1. The van der Waals surface area contributed by atoms with Crippen molar-refractivity contribution in [3.8, 4) is 0 Å². The summed E-state index contributed by atoms with van der Waals surface area (Å²) >= 11 is 1.50. The summed E-state index contributed by atoms with van der Waals surface area (Å²) in [6, 6.07) is 9.92. The third-order valence-electron chi connectivity index (χ3n) is 4.66. The Labute approximate surface area is 161 Å². The van der Waals surface area contributed by atoms with E-state index in [4.69, 9.17) is 0 Å². The van der Waals surface area contributed by atoms with Gasteiger partial charge in [-0.05, 0) is 31.0 Å². The maximum absolute atomic E-state index is 12.7. The smallest absolute Gasteiger partial charge is 0.261 e. The summed E-state index contributed by atoms with van der Waals surface area (Å²) < 4.78 is 4.04. The van der Waals surface area contributed by atoms with Gasteiger partial charge in [0.15, 0.2) is 0 Å². The summed E-state index contributed by atoms with van der Waals surface area (Å²) in [6.45, 7) is 7.58. The fourth-order valence-electron chi connectivity index (χ4n) is 3.29. The van der Waals surface area contributed by atoms with Crippen molar-refractivity contribution in [1.82, 2.24) is 24.6 Å². The van der Waals surface area contributed by atoms with Gasteiger partial charge < -0.3 is 9.88 Å². The Bertz CT molecular complexity index is 1130. The molecule has 0 saturated carbocycles. The van der Waals surface area contributed by atoms with Gasteiger partial charge in [-0.2, -0.15) is 5.10 Å². The number of hydrogen-bond donors (Lipinski definition) is 1. The molecule has 3 heterocycles. The number of amides is 1. The Balaban J connectivity index is 1.55. The molecule has 1 aromatic carbocycles.